The van der Waals surface area contributed by atoms with Crippen molar-refractivity contribution < 1.29 is 9.53 Å². The van der Waals surface area contributed by atoms with Crippen LogP contribution in [0.25, 0.3) is 0 Å². The predicted molar refractivity (Wildman–Crippen MR) is 62.3 cm³/mol. The fourth-order valence-corrected chi connectivity index (χ4v) is 2.20. The number of aromatic amines is 1. The molecule has 2 heterocycles. The number of esters is 1. The monoisotopic (exact) mass is 238 g/mol. The van der Waals surface area contributed by atoms with Crippen LogP contribution >= 0.6 is 0 Å². The van der Waals surface area contributed by atoms with E-state index in [-0.39, 0.29) is 18.1 Å². The fraction of sp³-hybridized carbons (Fsp3) is 0.636. The molecule has 0 saturated carbocycles. The maximum Gasteiger partial charge on any atom is 0.323 e. The summed E-state index contributed by atoms with van der Waals surface area (Å²) < 4.78 is 4.85. The van der Waals surface area contributed by atoms with Crippen molar-refractivity contribution in [3.05, 3.63) is 18.2 Å². The number of nitrogens with one attached hydrogen (secondary N) is 1. The summed E-state index contributed by atoms with van der Waals surface area (Å²) in [4.78, 5) is 20.8. The lowest BCUT2D eigenvalue weighted by Gasteiger charge is -2.24. The van der Waals surface area contributed by atoms with Gasteiger partial charge in [0.05, 0.1) is 13.4 Å². The third-order valence-electron chi connectivity index (χ3n) is 3.14. The Labute approximate surface area is 100 Å². The molecule has 3 N–H and O–H groups in total. The Morgan fingerprint density at radius 3 is 3.18 bits per heavy atom. The number of methoxy groups -OCH3 is 1. The van der Waals surface area contributed by atoms with Gasteiger partial charge in [-0.15, -0.1) is 0 Å². The topological polar surface area (TPSA) is 84.2 Å². The van der Waals surface area contributed by atoms with Crippen LogP contribution in [0.5, 0.6) is 0 Å². The number of likely N-dealkylation sites (tertiary alicyclic amines) is 1. The van der Waals surface area contributed by atoms with E-state index in [0.717, 1.165) is 25.2 Å². The Morgan fingerprint density at radius 2 is 2.65 bits per heavy atom. The summed E-state index contributed by atoms with van der Waals surface area (Å²) in [5.41, 5.74) is 6.80. The molecule has 6 nitrogen and oxygen atoms in total. The summed E-state index contributed by atoms with van der Waals surface area (Å²) in [6.07, 6.45) is 4.85. The third-order valence-corrected chi connectivity index (χ3v) is 3.14. The highest BCUT2D eigenvalue weighted by Crippen LogP contribution is 2.15. The Kier molecular flexibility index (Phi) is 3.75. The van der Waals surface area contributed by atoms with Crippen molar-refractivity contribution in [2.24, 2.45) is 5.73 Å². The van der Waals surface area contributed by atoms with Crippen LogP contribution in [0.1, 0.15) is 12.1 Å². The molecule has 94 valence electrons. The zero-order valence-electron chi connectivity index (χ0n) is 9.93. The van der Waals surface area contributed by atoms with E-state index in [1.165, 1.54) is 7.11 Å². The predicted octanol–water partition coefficient (Wildman–Crippen LogP) is -0.473. The van der Waals surface area contributed by atoms with Crippen LogP contribution in [0.3, 0.4) is 0 Å². The van der Waals surface area contributed by atoms with Gasteiger partial charge in [0.15, 0.2) is 0 Å². The second-order valence-corrected chi connectivity index (χ2v) is 4.36. The van der Waals surface area contributed by atoms with E-state index in [0.29, 0.717) is 6.42 Å². The average molecular weight is 238 g/mol. The number of ether oxygens (including phenoxy) is 1. The molecule has 0 aliphatic carbocycles. The first-order valence-electron chi connectivity index (χ1n) is 5.75. The molecule has 17 heavy (non-hydrogen) atoms. The average Bonchev–Trinajstić information content (AvgIpc) is 2.96. The van der Waals surface area contributed by atoms with Gasteiger partial charge in [-0.3, -0.25) is 9.69 Å². The number of H-pyrrole nitrogens is 1. The summed E-state index contributed by atoms with van der Waals surface area (Å²) in [5.74, 6) is -0.214. The SMILES string of the molecule is COC(=O)C(Cc1cnc[nH]1)N1CCC(N)C1. The zero-order valence-corrected chi connectivity index (χ0v) is 9.93. The maximum atomic E-state index is 11.8. The number of rotatable bonds is 4. The Bertz CT molecular complexity index is 366. The Morgan fingerprint density at radius 1 is 1.82 bits per heavy atom. The van der Waals surface area contributed by atoms with Crippen molar-refractivity contribution in [3.63, 3.8) is 0 Å². The molecule has 6 heteroatoms. The minimum Gasteiger partial charge on any atom is -0.468 e. The minimum absolute atomic E-state index is 0.156. The highest BCUT2D eigenvalue weighted by Gasteiger charge is 2.32. The van der Waals surface area contributed by atoms with Gasteiger partial charge in [-0.1, -0.05) is 0 Å². The molecule has 1 aromatic rings. The van der Waals surface area contributed by atoms with Crippen LogP contribution in [-0.4, -0.2) is 53.1 Å². The van der Waals surface area contributed by atoms with Crippen molar-refractivity contribution in [1.29, 1.82) is 0 Å². The van der Waals surface area contributed by atoms with Crippen LogP contribution in [0.15, 0.2) is 12.5 Å². The van der Waals surface area contributed by atoms with Crippen LogP contribution in [0.2, 0.25) is 0 Å². The first kappa shape index (κ1) is 12.1. The van der Waals surface area contributed by atoms with Crippen LogP contribution in [0.4, 0.5) is 0 Å². The number of hydrogen-bond donors (Lipinski definition) is 2. The molecule has 2 rings (SSSR count). The number of carbonyl (C=O) groups excluding carboxylic acids is 1. The van der Waals surface area contributed by atoms with Gasteiger partial charge in [0.2, 0.25) is 0 Å². The molecular formula is C11H18N4O2. The van der Waals surface area contributed by atoms with E-state index in [1.54, 1.807) is 12.5 Å². The Balaban J connectivity index is 2.05. The lowest BCUT2D eigenvalue weighted by atomic mass is 10.1. The summed E-state index contributed by atoms with van der Waals surface area (Å²) in [6, 6.07) is -0.113. The summed E-state index contributed by atoms with van der Waals surface area (Å²) in [5, 5.41) is 0. The van der Waals surface area contributed by atoms with Gasteiger partial charge in [-0.25, -0.2) is 4.98 Å². The van der Waals surface area contributed by atoms with Crippen molar-refractivity contribution >= 4 is 5.97 Å². The molecule has 0 aromatic carbocycles. The van der Waals surface area contributed by atoms with Crippen molar-refractivity contribution in [1.82, 2.24) is 14.9 Å². The molecule has 1 fully saturated rings. The van der Waals surface area contributed by atoms with Crippen LogP contribution in [0, 0.1) is 0 Å². The van der Waals surface area contributed by atoms with Gasteiger partial charge in [-0.05, 0) is 6.42 Å². The Hall–Kier alpha value is -1.40. The van der Waals surface area contributed by atoms with Gasteiger partial charge in [0.25, 0.3) is 0 Å². The smallest absolute Gasteiger partial charge is 0.323 e. The number of imidazole rings is 1. The highest BCUT2D eigenvalue weighted by atomic mass is 16.5. The van der Waals surface area contributed by atoms with E-state index in [1.807, 2.05) is 0 Å². The second kappa shape index (κ2) is 5.29. The molecule has 0 amide bonds. The zero-order chi connectivity index (χ0) is 12.3. The van der Waals surface area contributed by atoms with Gasteiger partial charge in [0, 0.05) is 37.4 Å². The van der Waals surface area contributed by atoms with E-state index in [4.69, 9.17) is 10.5 Å². The van der Waals surface area contributed by atoms with Crippen LogP contribution < -0.4 is 5.73 Å². The van der Waals surface area contributed by atoms with Crippen molar-refractivity contribution in [3.8, 4) is 0 Å². The standard InChI is InChI=1S/C11H18N4O2/c1-17-11(16)10(4-9-5-13-7-14-9)15-3-2-8(12)6-15/h5,7-8,10H,2-4,6,12H2,1H3,(H,13,14). The molecule has 1 aromatic heterocycles. The van der Waals surface area contributed by atoms with Gasteiger partial charge < -0.3 is 15.5 Å². The summed E-state index contributed by atoms with van der Waals surface area (Å²) >= 11 is 0. The minimum atomic E-state index is -0.269. The maximum absolute atomic E-state index is 11.8. The number of nitrogens with zero attached hydrogens (tertiary/aromatic N) is 2. The second-order valence-electron chi connectivity index (χ2n) is 4.36. The van der Waals surface area contributed by atoms with Crippen LogP contribution in [-0.2, 0) is 16.0 Å². The van der Waals surface area contributed by atoms with E-state index < -0.39 is 0 Å². The highest BCUT2D eigenvalue weighted by molar-refractivity contribution is 5.76. The third kappa shape index (κ3) is 2.83. The van der Waals surface area contributed by atoms with Gasteiger partial charge >= 0.3 is 5.97 Å². The lowest BCUT2D eigenvalue weighted by molar-refractivity contribution is -0.146. The number of nitrogens with two attached hydrogens (primary N) is 1. The van der Waals surface area contributed by atoms with E-state index in [9.17, 15) is 4.79 Å². The van der Waals surface area contributed by atoms with E-state index in [2.05, 4.69) is 14.9 Å². The summed E-state index contributed by atoms with van der Waals surface area (Å²) in [6.45, 7) is 1.59. The fourth-order valence-electron chi connectivity index (χ4n) is 2.20. The number of carbonyl (C=O) groups is 1. The number of aromatic nitrogens is 2. The largest absolute Gasteiger partial charge is 0.468 e. The van der Waals surface area contributed by atoms with Gasteiger partial charge in [0.1, 0.15) is 6.04 Å². The quantitative estimate of drug-likeness (QED) is 0.693. The molecule has 1 saturated heterocycles. The molecule has 2 atom stereocenters. The first-order chi connectivity index (χ1) is 8.20. The molecule has 1 aliphatic rings. The summed E-state index contributed by atoms with van der Waals surface area (Å²) in [7, 11) is 1.41. The lowest BCUT2D eigenvalue weighted by Crippen LogP contribution is -2.43. The first-order valence-corrected chi connectivity index (χ1v) is 5.75. The normalized spacial score (nSPS) is 22.6. The van der Waals surface area contributed by atoms with Crippen molar-refractivity contribution in [2.75, 3.05) is 20.2 Å². The van der Waals surface area contributed by atoms with Gasteiger partial charge in [-0.2, -0.15) is 0 Å². The molecular weight excluding hydrogens is 220 g/mol. The molecule has 0 radical (unpaired) electrons. The molecule has 1 aliphatic heterocycles. The molecule has 2 unspecified atom stereocenters. The molecule has 0 bridgehead atoms. The number of hydrogen-bond acceptors (Lipinski definition) is 5. The van der Waals surface area contributed by atoms with Crippen molar-refractivity contribution in [2.45, 2.75) is 24.9 Å². The molecule has 0 spiro atoms. The van der Waals surface area contributed by atoms with E-state index >= 15 is 0 Å².